The first-order valence-corrected chi connectivity index (χ1v) is 10.6. The molecular formula is C21H21PS. The maximum absolute atomic E-state index is 6.36. The van der Waals surface area contributed by atoms with E-state index >= 15 is 0 Å². The zero-order valence-corrected chi connectivity index (χ0v) is 15.5. The molecule has 0 amide bonds. The van der Waals surface area contributed by atoms with Gasteiger partial charge in [-0.25, -0.2) is 0 Å². The third kappa shape index (κ3) is 3.17. The van der Waals surface area contributed by atoms with E-state index in [4.69, 9.17) is 11.8 Å². The molecule has 0 spiro atoms. The van der Waals surface area contributed by atoms with Crippen molar-refractivity contribution in [3.05, 3.63) is 89.5 Å². The van der Waals surface area contributed by atoms with Crippen LogP contribution in [0.25, 0.3) is 0 Å². The molecule has 0 radical (unpaired) electrons. The van der Waals surface area contributed by atoms with Crippen LogP contribution in [0.1, 0.15) is 16.7 Å². The lowest BCUT2D eigenvalue weighted by Crippen LogP contribution is -2.25. The third-order valence-electron chi connectivity index (χ3n) is 4.16. The molecule has 3 aromatic carbocycles. The molecule has 3 aromatic rings. The minimum atomic E-state index is -2.01. The summed E-state index contributed by atoms with van der Waals surface area (Å²) in [6.07, 6.45) is 0. The van der Waals surface area contributed by atoms with Crippen LogP contribution in [0.3, 0.4) is 0 Å². The predicted octanol–water partition coefficient (Wildman–Crippen LogP) is 4.37. The van der Waals surface area contributed by atoms with Crippen LogP contribution in [-0.2, 0) is 11.8 Å². The van der Waals surface area contributed by atoms with Crippen molar-refractivity contribution >= 4 is 33.8 Å². The van der Waals surface area contributed by atoms with Crippen molar-refractivity contribution in [2.24, 2.45) is 0 Å². The summed E-state index contributed by atoms with van der Waals surface area (Å²) in [5, 5.41) is 3.78. The van der Waals surface area contributed by atoms with Gasteiger partial charge in [0.2, 0.25) is 0 Å². The van der Waals surface area contributed by atoms with E-state index in [0.717, 1.165) is 0 Å². The second-order valence-corrected chi connectivity index (χ2v) is 10.5. The molecule has 0 aromatic heterocycles. The second kappa shape index (κ2) is 6.43. The van der Waals surface area contributed by atoms with Crippen molar-refractivity contribution in [2.75, 3.05) is 0 Å². The van der Waals surface area contributed by atoms with Crippen LogP contribution >= 0.6 is 6.04 Å². The van der Waals surface area contributed by atoms with Gasteiger partial charge in [0.15, 0.2) is 0 Å². The molecule has 0 aliphatic carbocycles. The average molecular weight is 336 g/mol. The van der Waals surface area contributed by atoms with E-state index in [1.54, 1.807) is 0 Å². The van der Waals surface area contributed by atoms with Crippen molar-refractivity contribution in [3.8, 4) is 0 Å². The fourth-order valence-electron chi connectivity index (χ4n) is 2.78. The summed E-state index contributed by atoms with van der Waals surface area (Å²) >= 11 is 6.36. The Morgan fingerprint density at radius 3 is 1.48 bits per heavy atom. The summed E-state index contributed by atoms with van der Waals surface area (Å²) in [6.45, 7) is 6.37. The van der Waals surface area contributed by atoms with Crippen molar-refractivity contribution in [2.45, 2.75) is 20.8 Å². The van der Waals surface area contributed by atoms with Gasteiger partial charge in [0.1, 0.15) is 0 Å². The van der Waals surface area contributed by atoms with Crippen molar-refractivity contribution in [1.29, 1.82) is 0 Å². The van der Waals surface area contributed by atoms with Crippen LogP contribution in [0.4, 0.5) is 0 Å². The topological polar surface area (TPSA) is 0 Å². The molecule has 0 nitrogen and oxygen atoms in total. The largest absolute Gasteiger partial charge is 0.0826 e. The Kier molecular flexibility index (Phi) is 4.53. The maximum Gasteiger partial charge on any atom is 0.0379 e. The molecule has 0 saturated carbocycles. The molecule has 0 unspecified atom stereocenters. The molecule has 116 valence electrons. The number of benzene rings is 3. The summed E-state index contributed by atoms with van der Waals surface area (Å²) in [5.41, 5.74) is 3.79. The van der Waals surface area contributed by atoms with Crippen LogP contribution in [0.5, 0.6) is 0 Å². The summed E-state index contributed by atoms with van der Waals surface area (Å²) in [7, 11) is 0. The van der Waals surface area contributed by atoms with Gasteiger partial charge in [-0.2, -0.15) is 0 Å². The highest BCUT2D eigenvalue weighted by molar-refractivity contribution is 8.25. The van der Waals surface area contributed by atoms with Gasteiger partial charge in [-0.05, 0) is 36.7 Å². The first-order chi connectivity index (χ1) is 11.0. The van der Waals surface area contributed by atoms with Gasteiger partial charge in [0.05, 0.1) is 0 Å². The van der Waals surface area contributed by atoms with Gasteiger partial charge in [0.25, 0.3) is 0 Å². The molecule has 0 N–H and O–H groups in total. The zero-order valence-electron chi connectivity index (χ0n) is 13.8. The number of hydrogen-bond donors (Lipinski definition) is 0. The molecule has 0 saturated heterocycles. The van der Waals surface area contributed by atoms with Gasteiger partial charge in [-0.3, -0.25) is 0 Å². The maximum atomic E-state index is 6.36. The first-order valence-electron chi connectivity index (χ1n) is 7.82. The number of rotatable bonds is 3. The summed E-state index contributed by atoms with van der Waals surface area (Å²) < 4.78 is 0. The van der Waals surface area contributed by atoms with Crippen molar-refractivity contribution in [1.82, 2.24) is 0 Å². The van der Waals surface area contributed by atoms with Crippen molar-refractivity contribution < 1.29 is 0 Å². The fourth-order valence-corrected chi connectivity index (χ4v) is 6.57. The molecule has 23 heavy (non-hydrogen) atoms. The Labute approximate surface area is 144 Å². The van der Waals surface area contributed by atoms with Crippen LogP contribution in [0, 0.1) is 20.8 Å². The highest BCUT2D eigenvalue weighted by Crippen LogP contribution is 2.42. The Morgan fingerprint density at radius 1 is 0.565 bits per heavy atom. The SMILES string of the molecule is Cc1ccc(P(=S)(c2ccc(C)cc2)c2cccc(C)c2)cc1. The summed E-state index contributed by atoms with van der Waals surface area (Å²) in [6, 6.07) is 24.2. The molecule has 3 rings (SSSR count). The Morgan fingerprint density at radius 2 is 1.04 bits per heavy atom. The van der Waals surface area contributed by atoms with Crippen LogP contribution in [-0.4, -0.2) is 0 Å². The lowest BCUT2D eigenvalue weighted by atomic mass is 10.2. The smallest absolute Gasteiger partial charge is 0.0379 e. The van der Waals surface area contributed by atoms with Gasteiger partial charge in [-0.15, -0.1) is 0 Å². The average Bonchev–Trinajstić information content (AvgIpc) is 2.55. The molecule has 0 aliphatic rings. The normalized spacial score (nSPS) is 11.4. The van der Waals surface area contributed by atoms with E-state index in [9.17, 15) is 0 Å². The van der Waals surface area contributed by atoms with Crippen LogP contribution in [0.15, 0.2) is 72.8 Å². The molecule has 0 heterocycles. The monoisotopic (exact) mass is 336 g/mol. The van der Waals surface area contributed by atoms with Crippen LogP contribution < -0.4 is 15.9 Å². The fraction of sp³-hybridized carbons (Fsp3) is 0.143. The zero-order chi connectivity index (χ0) is 16.4. The van der Waals surface area contributed by atoms with Gasteiger partial charge >= 0.3 is 0 Å². The van der Waals surface area contributed by atoms with E-state index in [1.807, 2.05) is 0 Å². The molecule has 0 aliphatic heterocycles. The molecule has 2 heteroatoms. The lowest BCUT2D eigenvalue weighted by molar-refractivity contribution is 1.48. The highest BCUT2D eigenvalue weighted by Gasteiger charge is 2.24. The van der Waals surface area contributed by atoms with Gasteiger partial charge in [0, 0.05) is 6.04 Å². The molecular weight excluding hydrogens is 315 g/mol. The van der Waals surface area contributed by atoms with Crippen molar-refractivity contribution in [3.63, 3.8) is 0 Å². The molecule has 0 atom stereocenters. The minimum Gasteiger partial charge on any atom is -0.0826 e. The molecule has 0 fully saturated rings. The standard InChI is InChI=1S/C21H21PS/c1-16-7-11-19(12-8-16)22(23,20-13-9-17(2)10-14-20)21-6-4-5-18(3)15-21/h4-15H,1-3H3. The second-order valence-electron chi connectivity index (χ2n) is 6.12. The van der Waals surface area contributed by atoms with Gasteiger partial charge < -0.3 is 0 Å². The lowest BCUT2D eigenvalue weighted by Gasteiger charge is -2.24. The predicted molar refractivity (Wildman–Crippen MR) is 107 cm³/mol. The van der Waals surface area contributed by atoms with Crippen LogP contribution in [0.2, 0.25) is 0 Å². The summed E-state index contributed by atoms with van der Waals surface area (Å²) in [4.78, 5) is 0. The summed E-state index contributed by atoms with van der Waals surface area (Å²) in [5.74, 6) is 0. The minimum absolute atomic E-state index is 1.26. The first kappa shape index (κ1) is 16.2. The molecule has 0 bridgehead atoms. The Balaban J connectivity index is 2.27. The Hall–Kier alpha value is -1.69. The van der Waals surface area contributed by atoms with E-state index in [0.29, 0.717) is 0 Å². The van der Waals surface area contributed by atoms with Gasteiger partial charge in [-0.1, -0.05) is 101 Å². The Bertz CT molecular complexity index is 812. The quantitative estimate of drug-likeness (QED) is 0.640. The van der Waals surface area contributed by atoms with E-state index in [2.05, 4.69) is 93.6 Å². The van der Waals surface area contributed by atoms with E-state index in [-0.39, 0.29) is 0 Å². The number of aryl methyl sites for hydroxylation is 3. The third-order valence-corrected chi connectivity index (χ3v) is 9.11. The van der Waals surface area contributed by atoms with E-state index < -0.39 is 6.04 Å². The number of hydrogen-bond acceptors (Lipinski definition) is 1. The highest BCUT2D eigenvalue weighted by atomic mass is 32.4. The van der Waals surface area contributed by atoms with E-state index in [1.165, 1.54) is 32.6 Å².